The number of hydrogen-bond donors (Lipinski definition) is 1. The minimum atomic E-state index is -1.12. The number of fused-ring (bicyclic) bond motifs is 2. The van der Waals surface area contributed by atoms with Crippen molar-refractivity contribution in [1.82, 2.24) is 29.4 Å². The maximum atomic E-state index is 12.1. The van der Waals surface area contributed by atoms with Gasteiger partial charge in [0.1, 0.15) is 11.5 Å². The number of halogens is 1. The molecule has 7 heterocycles. The minimum absolute atomic E-state index is 0.0790. The summed E-state index contributed by atoms with van der Waals surface area (Å²) in [5.41, 5.74) is 4.54. The summed E-state index contributed by atoms with van der Waals surface area (Å²) < 4.78 is 26.2. The summed E-state index contributed by atoms with van der Waals surface area (Å²) in [4.78, 5) is 33.7. The highest BCUT2D eigenvalue weighted by molar-refractivity contribution is 7.09. The molecule has 2 saturated heterocycles. The Morgan fingerprint density at radius 3 is 2.69 bits per heavy atom. The van der Waals surface area contributed by atoms with Gasteiger partial charge < -0.3 is 28.6 Å². The maximum Gasteiger partial charge on any atom is 0.354 e. The van der Waals surface area contributed by atoms with E-state index in [1.165, 1.54) is 17.4 Å². The van der Waals surface area contributed by atoms with Crippen LogP contribution < -0.4 is 14.2 Å². The zero-order valence-electron chi connectivity index (χ0n) is 26.2. The predicted octanol–water partition coefficient (Wildman–Crippen LogP) is 5.73. The van der Waals surface area contributed by atoms with Crippen LogP contribution in [0.1, 0.15) is 58.1 Å². The van der Waals surface area contributed by atoms with Gasteiger partial charge in [0.2, 0.25) is 0 Å². The van der Waals surface area contributed by atoms with Gasteiger partial charge in [0.15, 0.2) is 34.1 Å². The first kappa shape index (κ1) is 31.0. The fourth-order valence-electron chi connectivity index (χ4n) is 6.50. The van der Waals surface area contributed by atoms with Crippen LogP contribution in [0.25, 0.3) is 11.2 Å². The number of likely N-dealkylation sites (tertiary alicyclic amines) is 1. The molecule has 12 nitrogen and oxygen atoms in total. The fourth-order valence-corrected chi connectivity index (χ4v) is 7.19. The summed E-state index contributed by atoms with van der Waals surface area (Å²) in [5.74, 6) is 1.10. The Labute approximate surface area is 285 Å². The lowest BCUT2D eigenvalue weighted by molar-refractivity contribution is -0.0722. The number of nitrogens with zero attached hydrogens (tertiary/aromatic N) is 6. The maximum absolute atomic E-state index is 12.1. The van der Waals surface area contributed by atoms with Gasteiger partial charge in [0.25, 0.3) is 5.79 Å². The third kappa shape index (κ3) is 5.96. The van der Waals surface area contributed by atoms with Crippen molar-refractivity contribution in [1.29, 1.82) is 0 Å². The van der Waals surface area contributed by atoms with E-state index in [1.807, 2.05) is 35.9 Å². The molecule has 3 aliphatic rings. The van der Waals surface area contributed by atoms with Gasteiger partial charge in [-0.3, -0.25) is 14.9 Å². The van der Waals surface area contributed by atoms with Crippen LogP contribution in [0.3, 0.4) is 0 Å². The zero-order chi connectivity index (χ0) is 32.8. The van der Waals surface area contributed by atoms with E-state index < -0.39 is 11.8 Å². The topological polar surface area (TPSA) is 134 Å². The molecule has 8 rings (SSSR count). The van der Waals surface area contributed by atoms with Gasteiger partial charge in [-0.1, -0.05) is 23.7 Å². The lowest BCUT2D eigenvalue weighted by Crippen LogP contribution is -2.34. The SMILES string of the molecule is C[C@]1(c2ccc(Cl)cn2)Oc2cccc(C3CCN(Cc4nc5c(OCC6COC6)cc(C(=O)O)nc5n4Cc4cncs4)CC3)c2O1. The lowest BCUT2D eigenvalue weighted by atomic mass is 9.88. The van der Waals surface area contributed by atoms with E-state index in [0.29, 0.717) is 66.3 Å². The number of hydrogen-bond acceptors (Lipinski definition) is 11. The number of ether oxygens (including phenoxy) is 4. The fraction of sp³-hybridized carbons (Fsp3) is 0.382. The van der Waals surface area contributed by atoms with Crippen molar-refractivity contribution < 1.29 is 28.8 Å². The van der Waals surface area contributed by atoms with Crippen molar-refractivity contribution in [3.63, 3.8) is 0 Å². The molecule has 0 spiro atoms. The molecule has 2 fully saturated rings. The number of aromatic carboxylic acids is 1. The molecular weight excluding hydrogens is 656 g/mol. The molecule has 5 aromatic rings. The molecular formula is C34H33ClN6O6S. The van der Waals surface area contributed by atoms with Crippen molar-refractivity contribution in [2.75, 3.05) is 32.9 Å². The third-order valence-electron chi connectivity index (χ3n) is 9.14. The first-order valence-electron chi connectivity index (χ1n) is 15.9. The number of carboxylic acids is 1. The van der Waals surface area contributed by atoms with Gasteiger partial charge in [0.05, 0.1) is 43.4 Å². The summed E-state index contributed by atoms with van der Waals surface area (Å²) in [7, 11) is 0. The number of benzene rings is 1. The highest BCUT2D eigenvalue weighted by Crippen LogP contribution is 2.49. The summed E-state index contributed by atoms with van der Waals surface area (Å²) >= 11 is 7.60. The van der Waals surface area contributed by atoms with E-state index in [1.54, 1.807) is 17.8 Å². The molecule has 14 heteroatoms. The van der Waals surface area contributed by atoms with Crippen molar-refractivity contribution in [2.45, 2.75) is 44.6 Å². The van der Waals surface area contributed by atoms with Gasteiger partial charge in [-0.2, -0.15) is 0 Å². The molecule has 0 saturated carbocycles. The van der Waals surface area contributed by atoms with Gasteiger partial charge >= 0.3 is 5.97 Å². The standard InChI is InChI=1S/C34H33ClN6O6S/c1-34(28-6-5-22(35)12-37-28)46-26-4-2-3-24(31(26)47-34)21-7-9-40(10-8-21)15-29-39-30-27(45-18-20-16-44-17-20)11-25(33(42)43)38-32(30)41(29)14-23-13-36-19-48-23/h2-6,11-13,19-21H,7-10,14-18H2,1H3,(H,42,43)/t34-/m0/s1. The van der Waals surface area contributed by atoms with Crippen molar-refractivity contribution in [3.8, 4) is 17.2 Å². The highest BCUT2D eigenvalue weighted by atomic mass is 35.5. The smallest absolute Gasteiger partial charge is 0.354 e. The first-order valence-corrected chi connectivity index (χ1v) is 17.2. The molecule has 0 amide bonds. The normalized spacial score (nSPS) is 19.9. The van der Waals surface area contributed by atoms with Crippen LogP contribution in [0.4, 0.5) is 0 Å². The molecule has 4 aromatic heterocycles. The largest absolute Gasteiger partial charge is 0.491 e. The first-order chi connectivity index (χ1) is 23.3. The van der Waals surface area contributed by atoms with Crippen LogP contribution in [-0.4, -0.2) is 73.4 Å². The number of aromatic nitrogens is 5. The second-order valence-electron chi connectivity index (χ2n) is 12.5. The molecule has 0 bridgehead atoms. The van der Waals surface area contributed by atoms with Gasteiger partial charge in [0, 0.05) is 41.7 Å². The Bertz CT molecular complexity index is 1960. The van der Waals surface area contributed by atoms with Gasteiger partial charge in [-0.05, 0) is 50.0 Å². The van der Waals surface area contributed by atoms with Crippen LogP contribution in [0.2, 0.25) is 5.02 Å². The number of imidazole rings is 1. The quantitative estimate of drug-likeness (QED) is 0.193. The molecule has 1 aromatic carbocycles. The minimum Gasteiger partial charge on any atom is -0.491 e. The highest BCUT2D eigenvalue weighted by Gasteiger charge is 2.42. The molecule has 0 unspecified atom stereocenters. The Balaban J connectivity index is 1.03. The second-order valence-corrected chi connectivity index (χ2v) is 13.9. The third-order valence-corrected chi connectivity index (χ3v) is 10.1. The van der Waals surface area contributed by atoms with Crippen LogP contribution in [0.15, 0.2) is 54.3 Å². The van der Waals surface area contributed by atoms with E-state index >= 15 is 0 Å². The Kier molecular flexibility index (Phi) is 8.15. The molecule has 48 heavy (non-hydrogen) atoms. The monoisotopic (exact) mass is 688 g/mol. The van der Waals surface area contributed by atoms with Gasteiger partial charge in [-0.25, -0.2) is 14.8 Å². The van der Waals surface area contributed by atoms with E-state index in [0.717, 1.165) is 47.9 Å². The van der Waals surface area contributed by atoms with Gasteiger partial charge in [-0.15, -0.1) is 11.3 Å². The van der Waals surface area contributed by atoms with Crippen molar-refractivity contribution in [2.24, 2.45) is 5.92 Å². The number of para-hydroxylation sites is 1. The molecule has 0 aliphatic carbocycles. The molecule has 1 N–H and O–H groups in total. The number of thiazole rings is 1. The summed E-state index contributed by atoms with van der Waals surface area (Å²) in [6.45, 7) is 6.30. The Morgan fingerprint density at radius 1 is 1.12 bits per heavy atom. The lowest BCUT2D eigenvalue weighted by Gasteiger charge is -2.32. The molecule has 248 valence electrons. The number of carboxylic acid groups (broad SMARTS) is 1. The number of piperidine rings is 1. The molecule has 0 radical (unpaired) electrons. The molecule has 3 aliphatic heterocycles. The van der Waals surface area contributed by atoms with E-state index in [9.17, 15) is 9.90 Å². The van der Waals surface area contributed by atoms with E-state index in [-0.39, 0.29) is 17.5 Å². The van der Waals surface area contributed by atoms with Crippen molar-refractivity contribution in [3.05, 3.63) is 87.0 Å². The summed E-state index contributed by atoms with van der Waals surface area (Å²) in [5, 5.41) is 10.4. The number of pyridine rings is 2. The van der Waals surface area contributed by atoms with E-state index in [2.05, 4.69) is 25.9 Å². The van der Waals surface area contributed by atoms with Crippen LogP contribution in [-0.2, 0) is 23.6 Å². The van der Waals surface area contributed by atoms with Crippen LogP contribution in [0.5, 0.6) is 17.2 Å². The van der Waals surface area contributed by atoms with Crippen LogP contribution in [0, 0.1) is 5.92 Å². The summed E-state index contributed by atoms with van der Waals surface area (Å²) in [6.07, 6.45) is 5.26. The predicted molar refractivity (Wildman–Crippen MR) is 177 cm³/mol. The average Bonchev–Trinajstić information content (AvgIpc) is 3.79. The van der Waals surface area contributed by atoms with Crippen LogP contribution >= 0.6 is 22.9 Å². The average molecular weight is 689 g/mol. The molecule has 1 atom stereocenters. The second kappa shape index (κ2) is 12.6. The van der Waals surface area contributed by atoms with E-state index in [4.69, 9.17) is 35.5 Å². The summed E-state index contributed by atoms with van der Waals surface area (Å²) in [6, 6.07) is 11.2. The Morgan fingerprint density at radius 2 is 1.98 bits per heavy atom. The Hall–Kier alpha value is -4.30. The van der Waals surface area contributed by atoms with Crippen molar-refractivity contribution >= 4 is 40.1 Å². The number of carbonyl (C=O) groups is 1. The number of rotatable bonds is 10. The zero-order valence-corrected chi connectivity index (χ0v) is 27.7.